The van der Waals surface area contributed by atoms with Gasteiger partial charge in [0.15, 0.2) is 6.29 Å². The van der Waals surface area contributed by atoms with Crippen LogP contribution >= 0.6 is 11.3 Å². The van der Waals surface area contributed by atoms with Crippen LogP contribution in [0, 0.1) is 18.6 Å². The van der Waals surface area contributed by atoms with Crippen LogP contribution in [0.1, 0.15) is 21.5 Å². The summed E-state index contributed by atoms with van der Waals surface area (Å²) in [5.74, 6) is -3.04. The van der Waals surface area contributed by atoms with Gasteiger partial charge in [0, 0.05) is 4.70 Å². The predicted octanol–water partition coefficient (Wildman–Crippen LogP) is 6.59. The zero-order chi connectivity index (χ0) is 26.3. The van der Waals surface area contributed by atoms with Crippen molar-refractivity contribution >= 4 is 42.7 Å². The second-order valence-electron chi connectivity index (χ2n) is 7.65. The Morgan fingerprint density at radius 2 is 1.67 bits per heavy atom. The fourth-order valence-corrected chi connectivity index (χ4v) is 6.57. The van der Waals surface area contributed by atoms with Gasteiger partial charge in [-0.25, -0.2) is 17.2 Å². The summed E-state index contributed by atoms with van der Waals surface area (Å²) in [5, 5.41) is 0.959. The maximum Gasteiger partial charge on any atom is 0.573 e. The van der Waals surface area contributed by atoms with Crippen molar-refractivity contribution in [1.29, 1.82) is 0 Å². The van der Waals surface area contributed by atoms with Crippen LogP contribution in [0.3, 0.4) is 0 Å². The summed E-state index contributed by atoms with van der Waals surface area (Å²) < 4.78 is 99.3. The Kier molecular flexibility index (Phi) is 6.76. The van der Waals surface area contributed by atoms with Gasteiger partial charge >= 0.3 is 6.36 Å². The smallest absolute Gasteiger partial charge is 0.406 e. The molecule has 0 bridgehead atoms. The van der Waals surface area contributed by atoms with Crippen LogP contribution in [0.5, 0.6) is 5.75 Å². The number of alkyl halides is 3. The Balaban J connectivity index is 1.84. The molecule has 5 nitrogen and oxygen atoms in total. The molecule has 0 fully saturated rings. The molecule has 0 amide bonds. The number of hydrogen-bond donors (Lipinski definition) is 0. The minimum absolute atomic E-state index is 0.0628. The van der Waals surface area contributed by atoms with Gasteiger partial charge in [-0.2, -0.15) is 0 Å². The Labute approximate surface area is 206 Å². The molecule has 0 unspecified atom stereocenters. The first kappa shape index (κ1) is 25.6. The van der Waals surface area contributed by atoms with Crippen LogP contribution in [0.2, 0.25) is 0 Å². The molecule has 0 aliphatic heterocycles. The number of nitrogens with zero attached hydrogens (tertiary/aromatic N) is 1. The highest BCUT2D eigenvalue weighted by Crippen LogP contribution is 2.41. The third-order valence-electron chi connectivity index (χ3n) is 5.27. The molecule has 1 heterocycles. The molecule has 0 saturated heterocycles. The lowest BCUT2D eigenvalue weighted by molar-refractivity contribution is -0.274. The van der Waals surface area contributed by atoms with E-state index in [1.165, 1.54) is 12.1 Å². The average Bonchev–Trinajstić information content (AvgIpc) is 3.14. The molecule has 4 rings (SSSR count). The van der Waals surface area contributed by atoms with Crippen LogP contribution in [-0.4, -0.2) is 21.1 Å². The summed E-state index contributed by atoms with van der Waals surface area (Å²) in [5.41, 5.74) is 0.174. The quantitative estimate of drug-likeness (QED) is 0.196. The number of aryl methyl sites for hydroxylation is 1. The van der Waals surface area contributed by atoms with Gasteiger partial charge < -0.3 is 4.74 Å². The summed E-state index contributed by atoms with van der Waals surface area (Å²) in [6.45, 7) is 1.27. The van der Waals surface area contributed by atoms with E-state index in [1.54, 1.807) is 31.2 Å². The molecular weight excluding hydrogens is 525 g/mol. The van der Waals surface area contributed by atoms with Gasteiger partial charge in [0.05, 0.1) is 12.1 Å². The number of sulfonamides is 1. The highest BCUT2D eigenvalue weighted by atomic mass is 32.2. The minimum Gasteiger partial charge on any atom is -0.406 e. The molecule has 0 aliphatic carbocycles. The van der Waals surface area contributed by atoms with E-state index in [2.05, 4.69) is 4.74 Å². The summed E-state index contributed by atoms with van der Waals surface area (Å²) in [7, 11) is -4.74. The van der Waals surface area contributed by atoms with Gasteiger partial charge in [0.25, 0.3) is 10.0 Å². The fourth-order valence-electron chi connectivity index (χ4n) is 3.58. The lowest BCUT2D eigenvalue weighted by atomic mass is 10.2. The van der Waals surface area contributed by atoms with E-state index in [4.69, 9.17) is 0 Å². The van der Waals surface area contributed by atoms with Crippen molar-refractivity contribution in [1.82, 2.24) is 0 Å². The SMILES string of the molecule is Cc1c(N(Cc2ccc(OC(F)(F)F)cc2)S(=O)(=O)c2cc(F)c(C=O)cc2F)sc2ccccc12. The number of ether oxygens (including phenoxy) is 1. The standard InChI is InChI=1S/C24H16F5NO4S2/c1-14-18-4-2-3-5-21(18)35-23(14)30(12-15-6-8-17(9-7-15)34-24(27,28)29)36(32,33)22-11-19(25)16(13-31)10-20(22)26/h2-11,13H,12H2,1H3. The summed E-state index contributed by atoms with van der Waals surface area (Å²) in [6.07, 6.45) is -4.84. The van der Waals surface area contributed by atoms with E-state index in [0.29, 0.717) is 17.7 Å². The molecule has 12 heteroatoms. The normalized spacial score (nSPS) is 12.1. The first-order valence-corrected chi connectivity index (χ1v) is 12.5. The van der Waals surface area contributed by atoms with Crippen LogP contribution < -0.4 is 9.04 Å². The number of aldehydes is 1. The molecule has 0 saturated carbocycles. The number of rotatable bonds is 7. The van der Waals surface area contributed by atoms with Crippen LogP contribution in [-0.2, 0) is 16.6 Å². The van der Waals surface area contributed by atoms with Crippen molar-refractivity contribution in [2.75, 3.05) is 4.31 Å². The molecular formula is C24H16F5NO4S2. The van der Waals surface area contributed by atoms with Crippen molar-refractivity contribution in [3.05, 3.63) is 89.0 Å². The van der Waals surface area contributed by atoms with E-state index >= 15 is 0 Å². The van der Waals surface area contributed by atoms with Gasteiger partial charge in [-0.05, 0) is 53.8 Å². The Hall–Kier alpha value is -3.51. The summed E-state index contributed by atoms with van der Waals surface area (Å²) >= 11 is 1.10. The van der Waals surface area contributed by atoms with E-state index in [0.717, 1.165) is 37.9 Å². The summed E-state index contributed by atoms with van der Waals surface area (Å²) in [6, 6.07) is 12.5. The van der Waals surface area contributed by atoms with E-state index in [1.807, 2.05) is 0 Å². The van der Waals surface area contributed by atoms with Gasteiger partial charge in [0.1, 0.15) is 27.3 Å². The van der Waals surface area contributed by atoms with Crippen molar-refractivity contribution in [3.8, 4) is 5.75 Å². The first-order valence-electron chi connectivity index (χ1n) is 10.2. The van der Waals surface area contributed by atoms with E-state index < -0.39 is 50.8 Å². The number of benzene rings is 3. The van der Waals surface area contributed by atoms with Gasteiger partial charge in [-0.3, -0.25) is 9.10 Å². The predicted molar refractivity (Wildman–Crippen MR) is 125 cm³/mol. The molecule has 36 heavy (non-hydrogen) atoms. The molecule has 0 radical (unpaired) electrons. The lowest BCUT2D eigenvalue weighted by Crippen LogP contribution is -2.31. The Morgan fingerprint density at radius 1 is 1.00 bits per heavy atom. The highest BCUT2D eigenvalue weighted by molar-refractivity contribution is 7.93. The van der Waals surface area contributed by atoms with Gasteiger partial charge in [-0.15, -0.1) is 24.5 Å². The first-order chi connectivity index (χ1) is 16.9. The molecule has 0 spiro atoms. The molecule has 0 N–H and O–H groups in total. The molecule has 0 atom stereocenters. The summed E-state index contributed by atoms with van der Waals surface area (Å²) in [4.78, 5) is 9.96. The van der Waals surface area contributed by atoms with Crippen molar-refractivity contribution in [2.24, 2.45) is 0 Å². The zero-order valence-corrected chi connectivity index (χ0v) is 20.0. The highest BCUT2D eigenvalue weighted by Gasteiger charge is 2.33. The van der Waals surface area contributed by atoms with Crippen molar-refractivity contribution < 1.29 is 39.9 Å². The molecule has 3 aromatic carbocycles. The van der Waals surface area contributed by atoms with Crippen molar-refractivity contribution in [2.45, 2.75) is 24.7 Å². The number of carbonyl (C=O) groups is 1. The number of carbonyl (C=O) groups excluding carboxylic acids is 1. The van der Waals surface area contributed by atoms with Crippen LogP contribution in [0.15, 0.2) is 65.6 Å². The lowest BCUT2D eigenvalue weighted by Gasteiger charge is -2.24. The Morgan fingerprint density at radius 3 is 2.28 bits per heavy atom. The third-order valence-corrected chi connectivity index (χ3v) is 8.45. The number of anilines is 1. The van der Waals surface area contributed by atoms with Crippen LogP contribution in [0.25, 0.3) is 10.1 Å². The minimum atomic E-state index is -4.90. The zero-order valence-electron chi connectivity index (χ0n) is 18.3. The molecule has 4 aromatic rings. The topological polar surface area (TPSA) is 63.7 Å². The van der Waals surface area contributed by atoms with Gasteiger partial charge in [-0.1, -0.05) is 30.3 Å². The molecule has 1 aromatic heterocycles. The number of fused-ring (bicyclic) bond motifs is 1. The van der Waals surface area contributed by atoms with E-state index in [9.17, 15) is 35.2 Å². The van der Waals surface area contributed by atoms with Gasteiger partial charge in [0.2, 0.25) is 0 Å². The molecule has 188 valence electrons. The number of hydrogen-bond acceptors (Lipinski definition) is 5. The van der Waals surface area contributed by atoms with Crippen molar-refractivity contribution in [3.63, 3.8) is 0 Å². The third kappa shape index (κ3) is 5.05. The monoisotopic (exact) mass is 541 g/mol. The van der Waals surface area contributed by atoms with Crippen LogP contribution in [0.4, 0.5) is 27.0 Å². The second-order valence-corrected chi connectivity index (χ2v) is 10.5. The maximum atomic E-state index is 14.8. The molecule has 0 aliphatic rings. The largest absolute Gasteiger partial charge is 0.573 e. The van der Waals surface area contributed by atoms with E-state index in [-0.39, 0.29) is 16.9 Å². The fraction of sp³-hybridized carbons (Fsp3) is 0.125. The Bertz CT molecular complexity index is 1550. The number of halogens is 5. The maximum absolute atomic E-state index is 14.8. The average molecular weight is 542 g/mol. The second kappa shape index (κ2) is 9.51. The number of thiophene rings is 1.